The van der Waals surface area contributed by atoms with Crippen molar-refractivity contribution in [3.63, 3.8) is 0 Å². The molecule has 0 saturated carbocycles. The lowest BCUT2D eigenvalue weighted by Crippen LogP contribution is -2.24. The highest BCUT2D eigenvalue weighted by molar-refractivity contribution is 7.89. The van der Waals surface area contributed by atoms with Gasteiger partial charge < -0.3 is 10.3 Å². The molecule has 8 heteroatoms. The Hall–Kier alpha value is -1.93. The maximum Gasteiger partial charge on any atom is 0.241 e. The van der Waals surface area contributed by atoms with Crippen LogP contribution in [0.4, 0.5) is 10.1 Å². The normalized spacial score (nSPS) is 11.8. The van der Waals surface area contributed by atoms with Crippen molar-refractivity contribution in [2.45, 2.75) is 25.3 Å². The molecule has 1 aromatic heterocycles. The van der Waals surface area contributed by atoms with Crippen LogP contribution in [0.25, 0.3) is 0 Å². The number of anilines is 1. The number of hydrogen-bond donors (Lipinski definition) is 2. The Kier molecular flexibility index (Phi) is 3.78. The number of hydrogen-bond acceptors (Lipinski definition) is 5. The standard InChI is InChI=1S/C12H14FN3O3S/c1-7-3-10(13)11(14)5-12(7)20(17,18)15-6-9-4-8(2)16-19-9/h3-5,15H,6,14H2,1-2H3. The summed E-state index contributed by atoms with van der Waals surface area (Å²) < 4.78 is 44.8. The number of aryl methyl sites for hydroxylation is 2. The fourth-order valence-electron chi connectivity index (χ4n) is 1.70. The van der Waals surface area contributed by atoms with E-state index in [9.17, 15) is 12.8 Å². The Morgan fingerprint density at radius 3 is 2.65 bits per heavy atom. The number of aromatic nitrogens is 1. The van der Waals surface area contributed by atoms with Gasteiger partial charge in [0.15, 0.2) is 5.76 Å². The first-order valence-corrected chi connectivity index (χ1v) is 7.25. The Morgan fingerprint density at radius 2 is 2.05 bits per heavy atom. The van der Waals surface area contributed by atoms with E-state index < -0.39 is 15.8 Å². The molecule has 0 fully saturated rings. The summed E-state index contributed by atoms with van der Waals surface area (Å²) >= 11 is 0. The molecule has 0 unspecified atom stereocenters. The Labute approximate surface area is 115 Å². The van der Waals surface area contributed by atoms with Gasteiger partial charge in [-0.05, 0) is 31.5 Å². The topological polar surface area (TPSA) is 98.2 Å². The molecule has 0 aliphatic carbocycles. The first-order chi connectivity index (χ1) is 9.29. The van der Waals surface area contributed by atoms with Crippen LogP contribution >= 0.6 is 0 Å². The van der Waals surface area contributed by atoms with Gasteiger partial charge in [-0.2, -0.15) is 0 Å². The molecule has 108 valence electrons. The van der Waals surface area contributed by atoms with Crippen molar-refractivity contribution in [2.75, 3.05) is 5.73 Å². The molecule has 0 radical (unpaired) electrons. The van der Waals surface area contributed by atoms with Gasteiger partial charge in [-0.25, -0.2) is 17.5 Å². The van der Waals surface area contributed by atoms with Gasteiger partial charge in [0.2, 0.25) is 10.0 Å². The number of benzene rings is 1. The van der Waals surface area contributed by atoms with E-state index in [2.05, 4.69) is 9.88 Å². The molecule has 0 bridgehead atoms. The minimum Gasteiger partial charge on any atom is -0.396 e. The van der Waals surface area contributed by atoms with Crippen molar-refractivity contribution in [1.29, 1.82) is 0 Å². The van der Waals surface area contributed by atoms with Crippen molar-refractivity contribution in [2.24, 2.45) is 0 Å². The van der Waals surface area contributed by atoms with Crippen LogP contribution in [0.3, 0.4) is 0 Å². The summed E-state index contributed by atoms with van der Waals surface area (Å²) in [5.74, 6) is -0.258. The fourth-order valence-corrected chi connectivity index (χ4v) is 2.95. The molecular weight excluding hydrogens is 285 g/mol. The summed E-state index contributed by atoms with van der Waals surface area (Å²) in [6, 6.07) is 3.80. The monoisotopic (exact) mass is 299 g/mol. The minimum atomic E-state index is -3.80. The molecule has 0 aliphatic rings. The Balaban J connectivity index is 2.24. The number of nitrogens with two attached hydrogens (primary N) is 1. The first-order valence-electron chi connectivity index (χ1n) is 5.77. The summed E-state index contributed by atoms with van der Waals surface area (Å²) in [6.45, 7) is 3.18. The largest absolute Gasteiger partial charge is 0.396 e. The van der Waals surface area contributed by atoms with Crippen LogP contribution in [-0.2, 0) is 16.6 Å². The van der Waals surface area contributed by atoms with E-state index in [1.807, 2.05) is 0 Å². The SMILES string of the molecule is Cc1cc(CNS(=O)(=O)c2cc(N)c(F)cc2C)on1. The second-order valence-electron chi connectivity index (χ2n) is 4.40. The van der Waals surface area contributed by atoms with Crippen molar-refractivity contribution < 1.29 is 17.3 Å². The average Bonchev–Trinajstić information content (AvgIpc) is 2.77. The van der Waals surface area contributed by atoms with Gasteiger partial charge in [0.05, 0.1) is 22.8 Å². The zero-order valence-corrected chi connectivity index (χ0v) is 11.8. The van der Waals surface area contributed by atoms with Crippen LogP contribution in [0.2, 0.25) is 0 Å². The van der Waals surface area contributed by atoms with Gasteiger partial charge in [-0.15, -0.1) is 0 Å². The summed E-state index contributed by atoms with van der Waals surface area (Å²) in [5.41, 5.74) is 6.11. The van der Waals surface area contributed by atoms with E-state index in [1.54, 1.807) is 13.0 Å². The van der Waals surface area contributed by atoms with Crippen LogP contribution in [0.15, 0.2) is 27.6 Å². The molecule has 2 aromatic rings. The van der Waals surface area contributed by atoms with Gasteiger partial charge in [-0.1, -0.05) is 5.16 Å². The molecule has 2 rings (SSSR count). The highest BCUT2D eigenvalue weighted by Crippen LogP contribution is 2.21. The van der Waals surface area contributed by atoms with Crippen LogP contribution in [0, 0.1) is 19.7 Å². The predicted molar refractivity (Wildman–Crippen MR) is 70.8 cm³/mol. The molecule has 0 saturated heterocycles. The number of nitrogen functional groups attached to an aromatic ring is 1. The van der Waals surface area contributed by atoms with Gasteiger partial charge in [0.1, 0.15) is 5.82 Å². The number of nitrogens with one attached hydrogen (secondary N) is 1. The minimum absolute atomic E-state index is 0.0418. The van der Waals surface area contributed by atoms with Crippen LogP contribution in [0.5, 0.6) is 0 Å². The fraction of sp³-hybridized carbons (Fsp3) is 0.250. The number of rotatable bonds is 4. The lowest BCUT2D eigenvalue weighted by atomic mass is 10.2. The van der Waals surface area contributed by atoms with Crippen molar-refractivity contribution >= 4 is 15.7 Å². The molecule has 0 amide bonds. The third kappa shape index (κ3) is 2.97. The van der Waals surface area contributed by atoms with E-state index in [-0.39, 0.29) is 22.7 Å². The highest BCUT2D eigenvalue weighted by atomic mass is 32.2. The molecule has 20 heavy (non-hydrogen) atoms. The second kappa shape index (κ2) is 5.22. The smallest absolute Gasteiger partial charge is 0.241 e. The van der Waals surface area contributed by atoms with Gasteiger partial charge >= 0.3 is 0 Å². The van der Waals surface area contributed by atoms with Crippen LogP contribution < -0.4 is 10.5 Å². The molecular formula is C12H14FN3O3S. The molecule has 0 spiro atoms. The zero-order chi connectivity index (χ0) is 14.9. The highest BCUT2D eigenvalue weighted by Gasteiger charge is 2.19. The zero-order valence-electron chi connectivity index (χ0n) is 11.0. The Bertz CT molecular complexity index is 740. The quantitative estimate of drug-likeness (QED) is 0.833. The molecule has 0 atom stereocenters. The van der Waals surface area contributed by atoms with Crippen LogP contribution in [-0.4, -0.2) is 13.6 Å². The first kappa shape index (κ1) is 14.5. The van der Waals surface area contributed by atoms with E-state index in [0.29, 0.717) is 11.5 Å². The van der Waals surface area contributed by atoms with Crippen molar-refractivity contribution in [1.82, 2.24) is 9.88 Å². The summed E-state index contributed by atoms with van der Waals surface area (Å²) in [4.78, 5) is -0.0624. The van der Waals surface area contributed by atoms with E-state index in [1.165, 1.54) is 6.92 Å². The third-order valence-electron chi connectivity index (χ3n) is 2.70. The maximum atomic E-state index is 13.2. The molecule has 3 N–H and O–H groups in total. The van der Waals surface area contributed by atoms with Crippen molar-refractivity contribution in [3.05, 3.63) is 41.0 Å². The van der Waals surface area contributed by atoms with Gasteiger partial charge in [0, 0.05) is 6.07 Å². The Morgan fingerprint density at radius 1 is 1.35 bits per heavy atom. The van der Waals surface area contributed by atoms with E-state index >= 15 is 0 Å². The number of sulfonamides is 1. The average molecular weight is 299 g/mol. The molecule has 0 aliphatic heterocycles. The van der Waals surface area contributed by atoms with Crippen LogP contribution in [0.1, 0.15) is 17.0 Å². The second-order valence-corrected chi connectivity index (χ2v) is 6.13. The lowest BCUT2D eigenvalue weighted by molar-refractivity contribution is 0.377. The van der Waals surface area contributed by atoms with E-state index in [4.69, 9.17) is 10.3 Å². The number of nitrogens with zero attached hydrogens (tertiary/aromatic N) is 1. The molecule has 1 aromatic carbocycles. The third-order valence-corrected chi connectivity index (χ3v) is 4.24. The molecule has 6 nitrogen and oxygen atoms in total. The maximum absolute atomic E-state index is 13.2. The lowest BCUT2D eigenvalue weighted by Gasteiger charge is -2.09. The summed E-state index contributed by atoms with van der Waals surface area (Å²) in [7, 11) is -3.80. The predicted octanol–water partition coefficient (Wildman–Crippen LogP) is 1.49. The van der Waals surface area contributed by atoms with Crippen molar-refractivity contribution in [3.8, 4) is 0 Å². The summed E-state index contributed by atoms with van der Waals surface area (Å²) in [6.07, 6.45) is 0. The summed E-state index contributed by atoms with van der Waals surface area (Å²) in [5, 5.41) is 3.65. The number of halogens is 1. The molecule has 1 heterocycles. The van der Waals surface area contributed by atoms with Gasteiger partial charge in [0.25, 0.3) is 0 Å². The van der Waals surface area contributed by atoms with Gasteiger partial charge in [-0.3, -0.25) is 0 Å². The van der Waals surface area contributed by atoms with E-state index in [0.717, 1.165) is 12.1 Å².